The van der Waals surface area contributed by atoms with Gasteiger partial charge in [-0.1, -0.05) is 31.0 Å². The molecule has 1 aliphatic rings. The summed E-state index contributed by atoms with van der Waals surface area (Å²) in [6.07, 6.45) is 8.85. The van der Waals surface area contributed by atoms with Crippen LogP contribution in [0.2, 0.25) is 0 Å². The Morgan fingerprint density at radius 2 is 2.04 bits per heavy atom. The maximum Gasteiger partial charge on any atom is 0.276 e. The maximum atomic E-state index is 5.30. The highest BCUT2D eigenvalue weighted by Crippen LogP contribution is 2.41. The van der Waals surface area contributed by atoms with Crippen molar-refractivity contribution in [2.45, 2.75) is 52.4 Å². The molecule has 2 N–H and O–H groups in total. The van der Waals surface area contributed by atoms with Gasteiger partial charge in [0.25, 0.3) is 5.89 Å². The second kappa shape index (κ2) is 11.3. The molecule has 0 atom stereocenters. The first-order valence-corrected chi connectivity index (χ1v) is 10.0. The second-order valence-electron chi connectivity index (χ2n) is 7.16. The van der Waals surface area contributed by atoms with Gasteiger partial charge in [0.1, 0.15) is 5.69 Å². The summed E-state index contributed by atoms with van der Waals surface area (Å²) in [5.41, 5.74) is 1.09. The van der Waals surface area contributed by atoms with Gasteiger partial charge in [0.15, 0.2) is 11.8 Å². The molecule has 2 heterocycles. The molecule has 0 unspecified atom stereocenters. The van der Waals surface area contributed by atoms with Crippen molar-refractivity contribution in [3.8, 4) is 11.6 Å². The number of aliphatic imine (C=N–C) groups is 1. The van der Waals surface area contributed by atoms with Crippen LogP contribution in [0.4, 0.5) is 0 Å². The van der Waals surface area contributed by atoms with Crippen LogP contribution >= 0.6 is 24.0 Å². The Balaban J connectivity index is 0.00000280. The summed E-state index contributed by atoms with van der Waals surface area (Å²) in [4.78, 5) is 13.5. The van der Waals surface area contributed by atoms with Gasteiger partial charge in [-0.05, 0) is 43.7 Å². The van der Waals surface area contributed by atoms with Crippen molar-refractivity contribution in [3.63, 3.8) is 0 Å². The van der Waals surface area contributed by atoms with E-state index >= 15 is 0 Å². The summed E-state index contributed by atoms with van der Waals surface area (Å²) in [7, 11) is 0. The molecule has 2 aromatic rings. The van der Waals surface area contributed by atoms with Crippen molar-refractivity contribution in [3.05, 3.63) is 30.2 Å². The molecule has 28 heavy (non-hydrogen) atoms. The number of rotatable bonds is 8. The van der Waals surface area contributed by atoms with Crippen LogP contribution in [0.5, 0.6) is 0 Å². The molecule has 3 rings (SSSR count). The summed E-state index contributed by atoms with van der Waals surface area (Å²) in [6, 6.07) is 5.62. The number of nitrogens with one attached hydrogen (secondary N) is 2. The Hall–Kier alpha value is -1.71. The molecule has 2 aromatic heterocycles. The first kappa shape index (κ1) is 22.6. The molecule has 0 saturated heterocycles. The minimum atomic E-state index is 0. The summed E-state index contributed by atoms with van der Waals surface area (Å²) in [6.45, 7) is 6.81. The molecular formula is C20H31IN6O. The topological polar surface area (TPSA) is 88.2 Å². The van der Waals surface area contributed by atoms with E-state index in [0.29, 0.717) is 35.8 Å². The van der Waals surface area contributed by atoms with Crippen LogP contribution in [0.3, 0.4) is 0 Å². The van der Waals surface area contributed by atoms with Crippen LogP contribution in [0, 0.1) is 5.41 Å². The molecule has 0 radical (unpaired) electrons. The zero-order valence-electron chi connectivity index (χ0n) is 16.8. The molecular weight excluding hydrogens is 467 g/mol. The molecule has 7 nitrogen and oxygen atoms in total. The number of pyridine rings is 1. The molecule has 8 heteroatoms. The maximum absolute atomic E-state index is 5.30. The Morgan fingerprint density at radius 3 is 2.71 bits per heavy atom. The lowest BCUT2D eigenvalue weighted by atomic mass is 9.84. The highest BCUT2D eigenvalue weighted by Gasteiger charge is 2.31. The Labute approximate surface area is 184 Å². The van der Waals surface area contributed by atoms with Crippen molar-refractivity contribution in [1.82, 2.24) is 25.8 Å². The molecule has 154 valence electrons. The lowest BCUT2D eigenvalue weighted by molar-refractivity contribution is 0.297. The van der Waals surface area contributed by atoms with E-state index in [-0.39, 0.29) is 24.0 Å². The normalized spacial score (nSPS) is 15.9. The predicted octanol–water partition coefficient (Wildman–Crippen LogP) is 3.82. The van der Waals surface area contributed by atoms with Gasteiger partial charge in [-0.2, -0.15) is 4.98 Å². The van der Waals surface area contributed by atoms with E-state index in [1.807, 2.05) is 18.2 Å². The predicted molar refractivity (Wildman–Crippen MR) is 122 cm³/mol. The number of hydrogen-bond acceptors (Lipinski definition) is 5. The largest absolute Gasteiger partial charge is 0.357 e. The first-order chi connectivity index (χ1) is 13.2. The van der Waals surface area contributed by atoms with Crippen molar-refractivity contribution in [1.29, 1.82) is 0 Å². The van der Waals surface area contributed by atoms with Gasteiger partial charge in [0, 0.05) is 32.3 Å². The van der Waals surface area contributed by atoms with Crippen molar-refractivity contribution in [2.75, 3.05) is 19.6 Å². The average Bonchev–Trinajstić information content (AvgIpc) is 3.37. The summed E-state index contributed by atoms with van der Waals surface area (Å²) in [5, 5.41) is 10.8. The monoisotopic (exact) mass is 498 g/mol. The summed E-state index contributed by atoms with van der Waals surface area (Å²) < 4.78 is 5.30. The minimum Gasteiger partial charge on any atom is -0.357 e. The minimum absolute atomic E-state index is 0. The average molecular weight is 498 g/mol. The van der Waals surface area contributed by atoms with Crippen LogP contribution in [-0.2, 0) is 6.42 Å². The molecule has 1 aliphatic carbocycles. The fourth-order valence-corrected chi connectivity index (χ4v) is 3.58. The van der Waals surface area contributed by atoms with Gasteiger partial charge in [-0.25, -0.2) is 0 Å². The van der Waals surface area contributed by atoms with Gasteiger partial charge in [0.05, 0.1) is 0 Å². The van der Waals surface area contributed by atoms with Crippen LogP contribution in [-0.4, -0.2) is 40.7 Å². The number of hydrogen-bond donors (Lipinski definition) is 2. The SMILES string of the molecule is CCNC(=NCC1(CC)CCCC1)NCCc1noc(-c2ccccn2)n1.I. The first-order valence-electron chi connectivity index (χ1n) is 10.0. The Morgan fingerprint density at radius 1 is 1.21 bits per heavy atom. The fourth-order valence-electron chi connectivity index (χ4n) is 3.58. The third kappa shape index (κ3) is 6.15. The smallest absolute Gasteiger partial charge is 0.276 e. The quantitative estimate of drug-likeness (QED) is 0.327. The number of guanidine groups is 1. The fraction of sp³-hybridized carbons (Fsp3) is 0.600. The Bertz CT molecular complexity index is 727. The van der Waals surface area contributed by atoms with E-state index in [4.69, 9.17) is 9.52 Å². The standard InChI is InChI=1S/C20H30N6O.HI/c1-3-20(11-6-7-12-20)15-24-19(21-4-2)23-14-10-17-25-18(27-26-17)16-9-5-8-13-22-16;/h5,8-9,13H,3-4,6-7,10-12,14-15H2,1-2H3,(H2,21,23,24);1H. The molecule has 1 saturated carbocycles. The lowest BCUT2D eigenvalue weighted by Crippen LogP contribution is -2.39. The van der Waals surface area contributed by atoms with Crippen molar-refractivity contribution < 1.29 is 4.52 Å². The second-order valence-corrected chi connectivity index (χ2v) is 7.16. The van der Waals surface area contributed by atoms with E-state index in [0.717, 1.165) is 19.0 Å². The highest BCUT2D eigenvalue weighted by molar-refractivity contribution is 14.0. The zero-order chi connectivity index (χ0) is 19.0. The van der Waals surface area contributed by atoms with E-state index in [9.17, 15) is 0 Å². The van der Waals surface area contributed by atoms with Crippen molar-refractivity contribution in [2.24, 2.45) is 10.4 Å². The van der Waals surface area contributed by atoms with Crippen LogP contribution in [0.1, 0.15) is 51.8 Å². The number of nitrogens with zero attached hydrogens (tertiary/aromatic N) is 4. The third-order valence-electron chi connectivity index (χ3n) is 5.32. The van der Waals surface area contributed by atoms with Crippen molar-refractivity contribution >= 4 is 29.9 Å². The molecule has 0 aromatic carbocycles. The van der Waals surface area contributed by atoms with Gasteiger partial charge in [-0.3, -0.25) is 9.98 Å². The zero-order valence-corrected chi connectivity index (χ0v) is 19.1. The van der Waals surface area contributed by atoms with Gasteiger partial charge in [0.2, 0.25) is 0 Å². The molecule has 1 fully saturated rings. The van der Waals surface area contributed by atoms with E-state index < -0.39 is 0 Å². The van der Waals surface area contributed by atoms with E-state index in [1.165, 1.54) is 32.1 Å². The molecule has 0 amide bonds. The molecule has 0 bridgehead atoms. The number of aromatic nitrogens is 3. The van der Waals surface area contributed by atoms with Crippen LogP contribution < -0.4 is 10.6 Å². The highest BCUT2D eigenvalue weighted by atomic mass is 127. The van der Waals surface area contributed by atoms with E-state index in [2.05, 4.69) is 39.6 Å². The van der Waals surface area contributed by atoms with Gasteiger partial charge in [-0.15, -0.1) is 24.0 Å². The van der Waals surface area contributed by atoms with E-state index in [1.54, 1.807) is 6.20 Å². The van der Waals surface area contributed by atoms with Gasteiger partial charge >= 0.3 is 0 Å². The lowest BCUT2D eigenvalue weighted by Gasteiger charge is -2.25. The summed E-state index contributed by atoms with van der Waals surface area (Å²) in [5.74, 6) is 1.99. The van der Waals surface area contributed by atoms with Gasteiger partial charge < -0.3 is 15.2 Å². The Kier molecular flexibility index (Phi) is 9.14. The molecule has 0 spiro atoms. The molecule has 0 aliphatic heterocycles. The van der Waals surface area contributed by atoms with Crippen LogP contribution in [0.25, 0.3) is 11.6 Å². The summed E-state index contributed by atoms with van der Waals surface area (Å²) >= 11 is 0. The number of halogens is 1. The van der Waals surface area contributed by atoms with Crippen LogP contribution in [0.15, 0.2) is 33.9 Å². The third-order valence-corrected chi connectivity index (χ3v) is 5.32.